The summed E-state index contributed by atoms with van der Waals surface area (Å²) in [6.45, 7) is 5.78. The van der Waals surface area contributed by atoms with E-state index in [2.05, 4.69) is 48.0 Å². The number of rotatable bonds is 4. The van der Waals surface area contributed by atoms with Crippen molar-refractivity contribution in [3.8, 4) is 5.88 Å². The molecule has 2 N–H and O–H groups in total. The molecule has 0 fully saturated rings. The summed E-state index contributed by atoms with van der Waals surface area (Å²) in [6.07, 6.45) is 1.05. The number of nitrogens with two attached hydrogens (primary N) is 1. The lowest BCUT2D eigenvalue weighted by Gasteiger charge is -2.20. The molecule has 0 unspecified atom stereocenters. The zero-order valence-corrected chi connectivity index (χ0v) is 12.5. The van der Waals surface area contributed by atoms with Crippen LogP contribution in [0.25, 0.3) is 0 Å². The second-order valence-electron chi connectivity index (χ2n) is 5.80. The molecule has 0 atom stereocenters. The SMILES string of the molecule is CC(C)COc1nc(N2CCc3ccccc32)ccc1N. The fourth-order valence-corrected chi connectivity index (χ4v) is 2.53. The summed E-state index contributed by atoms with van der Waals surface area (Å²) in [4.78, 5) is 6.82. The number of ether oxygens (including phenoxy) is 1. The summed E-state index contributed by atoms with van der Waals surface area (Å²) in [6, 6.07) is 12.3. The first-order chi connectivity index (χ1) is 10.1. The Morgan fingerprint density at radius 3 is 2.86 bits per heavy atom. The number of fused-ring (bicyclic) bond motifs is 1. The molecule has 0 amide bonds. The van der Waals surface area contributed by atoms with E-state index in [4.69, 9.17) is 10.5 Å². The average Bonchev–Trinajstić information content (AvgIpc) is 2.90. The van der Waals surface area contributed by atoms with E-state index in [-0.39, 0.29) is 0 Å². The van der Waals surface area contributed by atoms with Gasteiger partial charge in [0.15, 0.2) is 0 Å². The topological polar surface area (TPSA) is 51.4 Å². The van der Waals surface area contributed by atoms with Crippen LogP contribution in [0.5, 0.6) is 5.88 Å². The van der Waals surface area contributed by atoms with E-state index in [1.807, 2.05) is 12.1 Å². The maximum absolute atomic E-state index is 5.96. The number of benzene rings is 1. The highest BCUT2D eigenvalue weighted by Gasteiger charge is 2.21. The van der Waals surface area contributed by atoms with Gasteiger partial charge in [-0.05, 0) is 36.1 Å². The van der Waals surface area contributed by atoms with Crippen molar-refractivity contribution in [3.05, 3.63) is 42.0 Å². The molecule has 3 rings (SSSR count). The number of hydrogen-bond acceptors (Lipinski definition) is 4. The van der Waals surface area contributed by atoms with Crippen molar-refractivity contribution in [1.82, 2.24) is 4.98 Å². The van der Waals surface area contributed by atoms with Crippen LogP contribution in [0.4, 0.5) is 17.2 Å². The first-order valence-corrected chi connectivity index (χ1v) is 7.40. The van der Waals surface area contributed by atoms with Crippen molar-refractivity contribution in [1.29, 1.82) is 0 Å². The summed E-state index contributed by atoms with van der Waals surface area (Å²) in [7, 11) is 0. The lowest BCUT2D eigenvalue weighted by Crippen LogP contribution is -2.16. The predicted molar refractivity (Wildman–Crippen MR) is 86.1 cm³/mol. The van der Waals surface area contributed by atoms with Crippen LogP contribution in [-0.2, 0) is 6.42 Å². The molecule has 21 heavy (non-hydrogen) atoms. The van der Waals surface area contributed by atoms with Crippen LogP contribution in [0.3, 0.4) is 0 Å². The number of para-hydroxylation sites is 1. The Balaban J connectivity index is 1.88. The Morgan fingerprint density at radius 2 is 2.05 bits per heavy atom. The summed E-state index contributed by atoms with van der Waals surface area (Å²) in [5, 5.41) is 0. The Labute approximate surface area is 125 Å². The van der Waals surface area contributed by atoms with E-state index in [0.29, 0.717) is 24.1 Å². The third-order valence-corrected chi connectivity index (χ3v) is 3.59. The molecule has 2 heterocycles. The monoisotopic (exact) mass is 283 g/mol. The molecule has 0 saturated heterocycles. The highest BCUT2D eigenvalue weighted by molar-refractivity contribution is 5.69. The first kappa shape index (κ1) is 13.7. The number of nitrogen functional groups attached to an aromatic ring is 1. The summed E-state index contributed by atoms with van der Waals surface area (Å²) in [5.74, 6) is 1.88. The fourth-order valence-electron chi connectivity index (χ4n) is 2.53. The van der Waals surface area contributed by atoms with Gasteiger partial charge in [-0.25, -0.2) is 0 Å². The van der Waals surface area contributed by atoms with Gasteiger partial charge in [0.2, 0.25) is 5.88 Å². The normalized spacial score (nSPS) is 13.6. The number of pyridine rings is 1. The van der Waals surface area contributed by atoms with E-state index in [1.54, 1.807) is 0 Å². The molecule has 1 aliphatic rings. The highest BCUT2D eigenvalue weighted by atomic mass is 16.5. The van der Waals surface area contributed by atoms with Crippen molar-refractivity contribution in [2.45, 2.75) is 20.3 Å². The van der Waals surface area contributed by atoms with Crippen LogP contribution in [0.1, 0.15) is 19.4 Å². The van der Waals surface area contributed by atoms with Crippen molar-refractivity contribution < 1.29 is 4.74 Å². The zero-order valence-electron chi connectivity index (χ0n) is 12.5. The van der Waals surface area contributed by atoms with Gasteiger partial charge in [0.05, 0.1) is 12.3 Å². The largest absolute Gasteiger partial charge is 0.476 e. The van der Waals surface area contributed by atoms with Gasteiger partial charge in [-0.2, -0.15) is 4.98 Å². The molecule has 2 aromatic rings. The molecule has 0 spiro atoms. The van der Waals surface area contributed by atoms with Gasteiger partial charge in [-0.1, -0.05) is 32.0 Å². The zero-order chi connectivity index (χ0) is 14.8. The smallest absolute Gasteiger partial charge is 0.239 e. The van der Waals surface area contributed by atoms with Crippen molar-refractivity contribution in [3.63, 3.8) is 0 Å². The summed E-state index contributed by atoms with van der Waals surface area (Å²) in [5.41, 5.74) is 9.14. The van der Waals surface area contributed by atoms with Gasteiger partial charge < -0.3 is 15.4 Å². The second-order valence-corrected chi connectivity index (χ2v) is 5.80. The van der Waals surface area contributed by atoms with E-state index < -0.39 is 0 Å². The minimum Gasteiger partial charge on any atom is -0.476 e. The number of nitrogens with zero attached hydrogens (tertiary/aromatic N) is 2. The number of hydrogen-bond donors (Lipinski definition) is 1. The average molecular weight is 283 g/mol. The first-order valence-electron chi connectivity index (χ1n) is 7.40. The molecule has 0 bridgehead atoms. The molecule has 4 heteroatoms. The third-order valence-electron chi connectivity index (χ3n) is 3.59. The van der Waals surface area contributed by atoms with Gasteiger partial charge in [0, 0.05) is 12.2 Å². The maximum atomic E-state index is 5.96. The molecule has 0 aliphatic carbocycles. The predicted octanol–water partition coefficient (Wildman–Crippen LogP) is 3.39. The van der Waals surface area contributed by atoms with Crippen LogP contribution in [0.15, 0.2) is 36.4 Å². The third kappa shape index (κ3) is 2.79. The lowest BCUT2D eigenvalue weighted by molar-refractivity contribution is 0.263. The molecule has 110 valence electrons. The number of aromatic nitrogens is 1. The van der Waals surface area contributed by atoms with Crippen molar-refractivity contribution in [2.24, 2.45) is 5.92 Å². The molecule has 0 radical (unpaired) electrons. The molecule has 0 saturated carbocycles. The van der Waals surface area contributed by atoms with Gasteiger partial charge in [-0.3, -0.25) is 0 Å². The second kappa shape index (κ2) is 5.64. The molecule has 1 aliphatic heterocycles. The molecular weight excluding hydrogens is 262 g/mol. The summed E-state index contributed by atoms with van der Waals surface area (Å²) >= 11 is 0. The van der Waals surface area contributed by atoms with Crippen LogP contribution >= 0.6 is 0 Å². The van der Waals surface area contributed by atoms with Crippen molar-refractivity contribution in [2.75, 3.05) is 23.8 Å². The van der Waals surface area contributed by atoms with E-state index >= 15 is 0 Å². The van der Waals surface area contributed by atoms with Gasteiger partial charge >= 0.3 is 0 Å². The highest BCUT2D eigenvalue weighted by Crippen LogP contribution is 2.35. The van der Waals surface area contributed by atoms with E-state index in [9.17, 15) is 0 Å². The van der Waals surface area contributed by atoms with E-state index in [0.717, 1.165) is 18.8 Å². The molecular formula is C17H21N3O. The minimum absolute atomic E-state index is 0.447. The number of anilines is 3. The summed E-state index contributed by atoms with van der Waals surface area (Å²) < 4.78 is 5.72. The lowest BCUT2D eigenvalue weighted by atomic mass is 10.2. The standard InChI is InChI=1S/C17H21N3O/c1-12(2)11-21-17-14(18)7-8-16(19-17)20-10-9-13-5-3-4-6-15(13)20/h3-8,12H,9-11,18H2,1-2H3. The fraction of sp³-hybridized carbons (Fsp3) is 0.353. The minimum atomic E-state index is 0.447. The van der Waals surface area contributed by atoms with Gasteiger partial charge in [0.1, 0.15) is 5.82 Å². The van der Waals surface area contributed by atoms with Crippen LogP contribution in [0.2, 0.25) is 0 Å². The maximum Gasteiger partial charge on any atom is 0.239 e. The van der Waals surface area contributed by atoms with Crippen molar-refractivity contribution >= 4 is 17.2 Å². The molecule has 1 aromatic carbocycles. The van der Waals surface area contributed by atoms with Gasteiger partial charge in [0.25, 0.3) is 0 Å². The van der Waals surface area contributed by atoms with Crippen LogP contribution < -0.4 is 15.4 Å². The van der Waals surface area contributed by atoms with Crippen LogP contribution in [0, 0.1) is 5.92 Å². The Bertz CT molecular complexity index is 640. The van der Waals surface area contributed by atoms with E-state index in [1.165, 1.54) is 11.3 Å². The Hall–Kier alpha value is -2.23. The Kier molecular flexibility index (Phi) is 3.69. The molecule has 1 aromatic heterocycles. The molecule has 4 nitrogen and oxygen atoms in total. The van der Waals surface area contributed by atoms with Crippen LogP contribution in [-0.4, -0.2) is 18.1 Å². The Morgan fingerprint density at radius 1 is 1.24 bits per heavy atom. The van der Waals surface area contributed by atoms with Gasteiger partial charge in [-0.15, -0.1) is 0 Å². The quantitative estimate of drug-likeness (QED) is 0.934.